The van der Waals surface area contributed by atoms with Gasteiger partial charge in [0.2, 0.25) is 0 Å². The van der Waals surface area contributed by atoms with Gasteiger partial charge in [-0.15, -0.1) is 0 Å². The monoisotopic (exact) mass is 260 g/mol. The molecule has 0 radical (unpaired) electrons. The molecular formula is C9H12N2O5S. The van der Waals surface area contributed by atoms with E-state index in [-0.39, 0.29) is 11.4 Å². The van der Waals surface area contributed by atoms with Gasteiger partial charge in [-0.05, 0) is 18.6 Å². The summed E-state index contributed by atoms with van der Waals surface area (Å²) in [5, 5.41) is 9.48. The summed E-state index contributed by atoms with van der Waals surface area (Å²) in [6.45, 7) is 1.61. The van der Waals surface area contributed by atoms with Crippen LogP contribution < -0.4 is 9.44 Å². The highest BCUT2D eigenvalue weighted by Gasteiger charge is 2.17. The molecule has 1 aromatic rings. The summed E-state index contributed by atoms with van der Waals surface area (Å²) in [5.41, 5.74) is 0.518. The van der Waals surface area contributed by atoms with E-state index in [9.17, 15) is 18.3 Å². The molecule has 0 saturated carbocycles. The highest BCUT2D eigenvalue weighted by Crippen LogP contribution is 2.26. The van der Waals surface area contributed by atoms with Gasteiger partial charge in [-0.2, -0.15) is 8.42 Å². The Kier molecular flexibility index (Phi) is 3.79. The number of carbonyl (C=O) groups is 1. The van der Waals surface area contributed by atoms with Crippen molar-refractivity contribution in [2.75, 3.05) is 11.8 Å². The number of aromatic hydroxyl groups is 1. The fourth-order valence-electron chi connectivity index (χ4n) is 1.10. The molecule has 3 N–H and O–H groups in total. The van der Waals surface area contributed by atoms with Gasteiger partial charge >= 0.3 is 16.3 Å². The van der Waals surface area contributed by atoms with Crippen LogP contribution in [0.15, 0.2) is 18.2 Å². The summed E-state index contributed by atoms with van der Waals surface area (Å²) in [5.74, 6) is -0.236. The van der Waals surface area contributed by atoms with E-state index in [1.807, 2.05) is 4.72 Å². The smallest absolute Gasteiger partial charge is 0.422 e. The third kappa shape index (κ3) is 3.52. The lowest BCUT2D eigenvalue weighted by Gasteiger charge is -2.11. The van der Waals surface area contributed by atoms with Crippen molar-refractivity contribution in [2.24, 2.45) is 0 Å². The molecule has 1 aromatic carbocycles. The van der Waals surface area contributed by atoms with Crippen molar-refractivity contribution in [1.82, 2.24) is 4.72 Å². The van der Waals surface area contributed by atoms with Crippen LogP contribution in [0.25, 0.3) is 0 Å². The zero-order chi connectivity index (χ0) is 13.1. The molecule has 17 heavy (non-hydrogen) atoms. The second-order valence-corrected chi connectivity index (χ2v) is 4.58. The van der Waals surface area contributed by atoms with E-state index in [4.69, 9.17) is 0 Å². The number of amides is 1. The van der Waals surface area contributed by atoms with Crippen molar-refractivity contribution in [3.63, 3.8) is 0 Å². The van der Waals surface area contributed by atoms with E-state index in [0.717, 1.165) is 7.11 Å². The molecule has 0 bridgehead atoms. The van der Waals surface area contributed by atoms with Crippen LogP contribution in [0.1, 0.15) is 5.56 Å². The molecule has 0 unspecified atom stereocenters. The number of rotatable bonds is 3. The molecule has 0 saturated heterocycles. The molecule has 8 heteroatoms. The number of benzene rings is 1. The number of phenolic OH excluding ortho intramolecular Hbond substituents is 1. The molecule has 0 aromatic heterocycles. The van der Waals surface area contributed by atoms with Crippen molar-refractivity contribution in [1.29, 1.82) is 0 Å². The first-order valence-corrected chi connectivity index (χ1v) is 6.01. The lowest BCUT2D eigenvalue weighted by Crippen LogP contribution is -2.35. The van der Waals surface area contributed by atoms with E-state index in [1.54, 1.807) is 23.8 Å². The second kappa shape index (κ2) is 4.91. The molecular weight excluding hydrogens is 248 g/mol. The zero-order valence-corrected chi connectivity index (χ0v) is 10.0. The maximum Gasteiger partial charge on any atom is 0.422 e. The highest BCUT2D eigenvalue weighted by molar-refractivity contribution is 7.91. The molecule has 0 spiro atoms. The Morgan fingerprint density at radius 2 is 2.06 bits per heavy atom. The number of nitrogens with one attached hydrogen (secondary N) is 2. The lowest BCUT2D eigenvalue weighted by molar-refractivity contribution is 0.177. The number of aryl methyl sites for hydroxylation is 1. The van der Waals surface area contributed by atoms with Crippen molar-refractivity contribution in [3.8, 4) is 5.75 Å². The van der Waals surface area contributed by atoms with Gasteiger partial charge in [0.25, 0.3) is 0 Å². The van der Waals surface area contributed by atoms with Gasteiger partial charge in [0.15, 0.2) is 0 Å². The fourth-order valence-corrected chi connectivity index (χ4v) is 1.98. The molecule has 1 rings (SSSR count). The number of ether oxygens (including phenoxy) is 1. The molecule has 0 aliphatic rings. The maximum atomic E-state index is 11.4. The van der Waals surface area contributed by atoms with Crippen LogP contribution >= 0.6 is 0 Å². The molecule has 1 amide bonds. The minimum absolute atomic E-state index is 0.00361. The molecule has 7 nitrogen and oxygen atoms in total. The molecule has 0 atom stereocenters. The van der Waals surface area contributed by atoms with Gasteiger partial charge in [-0.25, -0.2) is 9.52 Å². The number of anilines is 1. The average Bonchev–Trinajstić information content (AvgIpc) is 2.23. The number of phenols is 1. The number of para-hydroxylation sites is 1. The number of carbonyl (C=O) groups excluding carboxylic acids is 1. The van der Waals surface area contributed by atoms with Crippen molar-refractivity contribution < 1.29 is 23.1 Å². The Hall–Kier alpha value is -1.96. The normalized spacial score (nSPS) is 10.7. The van der Waals surface area contributed by atoms with Gasteiger partial charge in [0.1, 0.15) is 5.75 Å². The summed E-state index contributed by atoms with van der Waals surface area (Å²) in [6.07, 6.45) is -1.12. The van der Waals surface area contributed by atoms with E-state index in [1.165, 1.54) is 6.07 Å². The Morgan fingerprint density at radius 1 is 1.41 bits per heavy atom. The number of hydrogen-bond acceptors (Lipinski definition) is 5. The minimum atomic E-state index is -4.13. The molecule has 94 valence electrons. The van der Waals surface area contributed by atoms with Crippen LogP contribution in [-0.2, 0) is 14.9 Å². The Bertz CT molecular complexity index is 506. The van der Waals surface area contributed by atoms with Crippen LogP contribution in [0.2, 0.25) is 0 Å². The first kappa shape index (κ1) is 13.1. The Morgan fingerprint density at radius 3 is 2.59 bits per heavy atom. The summed E-state index contributed by atoms with van der Waals surface area (Å²) < 4.78 is 30.7. The van der Waals surface area contributed by atoms with Crippen molar-refractivity contribution >= 4 is 22.0 Å². The third-order valence-corrected chi connectivity index (χ3v) is 2.80. The van der Waals surface area contributed by atoms with Gasteiger partial charge in [0.05, 0.1) is 12.8 Å². The van der Waals surface area contributed by atoms with Gasteiger partial charge in [-0.3, -0.25) is 4.72 Å². The third-order valence-electron chi connectivity index (χ3n) is 1.89. The van der Waals surface area contributed by atoms with Crippen molar-refractivity contribution in [2.45, 2.75) is 6.92 Å². The summed E-state index contributed by atoms with van der Waals surface area (Å²) in [4.78, 5) is 10.8. The predicted octanol–water partition coefficient (Wildman–Crippen LogP) is 0.713. The minimum Gasteiger partial charge on any atom is -0.506 e. The number of methoxy groups -OCH3 is 1. The van der Waals surface area contributed by atoms with E-state index in [0.29, 0.717) is 5.56 Å². The van der Waals surface area contributed by atoms with E-state index < -0.39 is 16.3 Å². The van der Waals surface area contributed by atoms with Crippen LogP contribution in [-0.4, -0.2) is 26.7 Å². The van der Waals surface area contributed by atoms with Gasteiger partial charge in [-0.1, -0.05) is 12.1 Å². The molecule has 0 heterocycles. The molecule has 0 fully saturated rings. The van der Waals surface area contributed by atoms with Gasteiger partial charge < -0.3 is 9.84 Å². The first-order valence-electron chi connectivity index (χ1n) is 4.53. The van der Waals surface area contributed by atoms with Crippen molar-refractivity contribution in [3.05, 3.63) is 23.8 Å². The van der Waals surface area contributed by atoms with Gasteiger partial charge in [0, 0.05) is 0 Å². The number of hydrogen-bond donors (Lipinski definition) is 3. The molecule has 0 aliphatic heterocycles. The summed E-state index contributed by atoms with van der Waals surface area (Å²) in [7, 11) is -3.09. The fraction of sp³-hybridized carbons (Fsp3) is 0.222. The van der Waals surface area contributed by atoms with Crippen LogP contribution in [0, 0.1) is 6.92 Å². The standard InChI is InChI=1S/C9H12N2O5S/c1-6-4-3-5-7(12)8(6)10-17(14,15)11-9(13)16-2/h3-5,10,12H,1-2H3,(H,11,13). The van der Waals surface area contributed by atoms with E-state index in [2.05, 4.69) is 4.74 Å². The van der Waals surface area contributed by atoms with Crippen LogP contribution in [0.3, 0.4) is 0 Å². The largest absolute Gasteiger partial charge is 0.506 e. The Balaban J connectivity index is 2.95. The quantitative estimate of drug-likeness (QED) is 0.694. The molecule has 0 aliphatic carbocycles. The average molecular weight is 260 g/mol. The zero-order valence-electron chi connectivity index (χ0n) is 9.22. The lowest BCUT2D eigenvalue weighted by atomic mass is 10.2. The highest BCUT2D eigenvalue weighted by atomic mass is 32.2. The second-order valence-electron chi connectivity index (χ2n) is 3.17. The van der Waals surface area contributed by atoms with Crippen LogP contribution in [0.4, 0.5) is 10.5 Å². The topological polar surface area (TPSA) is 105 Å². The first-order chi connectivity index (χ1) is 7.85. The summed E-state index contributed by atoms with van der Waals surface area (Å²) in [6, 6.07) is 4.49. The SMILES string of the molecule is COC(=O)NS(=O)(=O)Nc1c(C)cccc1O. The predicted molar refractivity (Wildman–Crippen MR) is 60.9 cm³/mol. The van der Waals surface area contributed by atoms with E-state index >= 15 is 0 Å². The summed E-state index contributed by atoms with van der Waals surface area (Å²) >= 11 is 0. The maximum absolute atomic E-state index is 11.4. The Labute approximate surface area is 98.6 Å². The van der Waals surface area contributed by atoms with Crippen LogP contribution in [0.5, 0.6) is 5.75 Å².